The summed E-state index contributed by atoms with van der Waals surface area (Å²) >= 11 is 0. The van der Waals surface area contributed by atoms with Crippen LogP contribution in [0.1, 0.15) is 44.7 Å². The number of aryl methyl sites for hydroxylation is 1. The van der Waals surface area contributed by atoms with Crippen molar-refractivity contribution < 1.29 is 0 Å². The van der Waals surface area contributed by atoms with Gasteiger partial charge < -0.3 is 0 Å². The summed E-state index contributed by atoms with van der Waals surface area (Å²) in [5, 5.41) is 0. The van der Waals surface area contributed by atoms with Crippen LogP contribution in [0.5, 0.6) is 0 Å². The lowest BCUT2D eigenvalue weighted by Crippen LogP contribution is -1.85. The molecule has 0 saturated carbocycles. The summed E-state index contributed by atoms with van der Waals surface area (Å²) in [6.45, 7) is 6.47. The van der Waals surface area contributed by atoms with E-state index in [1.54, 1.807) is 0 Å². The molecular weight excluding hydrogens is 192 g/mol. The molecule has 0 heterocycles. The fourth-order valence-corrected chi connectivity index (χ4v) is 1.76. The van der Waals surface area contributed by atoms with E-state index in [1.165, 1.54) is 29.5 Å². The molecule has 86 valence electrons. The first-order valence-electron chi connectivity index (χ1n) is 6.24. The van der Waals surface area contributed by atoms with Gasteiger partial charge in [-0.05, 0) is 36.5 Å². The van der Waals surface area contributed by atoms with Crippen molar-refractivity contribution in [1.82, 2.24) is 0 Å². The summed E-state index contributed by atoms with van der Waals surface area (Å²) in [4.78, 5) is 0. The largest absolute Gasteiger partial charge is 0.0842 e. The lowest BCUT2D eigenvalue weighted by molar-refractivity contribution is 0.922. The average Bonchev–Trinajstić information content (AvgIpc) is 2.32. The predicted octanol–water partition coefficient (Wildman–Crippen LogP) is 5.01. The molecule has 16 heavy (non-hydrogen) atoms. The van der Waals surface area contributed by atoms with Crippen molar-refractivity contribution in [3.63, 3.8) is 0 Å². The first-order chi connectivity index (χ1) is 7.81. The zero-order chi connectivity index (χ0) is 11.8. The summed E-state index contributed by atoms with van der Waals surface area (Å²) in [5.41, 5.74) is 4.05. The number of benzene rings is 1. The molecule has 0 heteroatoms. The van der Waals surface area contributed by atoms with Crippen molar-refractivity contribution in [2.24, 2.45) is 0 Å². The highest BCUT2D eigenvalue weighted by molar-refractivity contribution is 5.73. The smallest absolute Gasteiger partial charge is 0.0187 e. The molecule has 0 bridgehead atoms. The van der Waals surface area contributed by atoms with Crippen LogP contribution in [0.3, 0.4) is 0 Å². The second kappa shape index (κ2) is 7.05. The summed E-state index contributed by atoms with van der Waals surface area (Å²) in [6, 6.07) is 8.92. The third-order valence-corrected chi connectivity index (χ3v) is 2.67. The van der Waals surface area contributed by atoms with Gasteiger partial charge in [-0.15, -0.1) is 0 Å². The Morgan fingerprint density at radius 2 is 1.81 bits per heavy atom. The van der Waals surface area contributed by atoms with Crippen LogP contribution in [0.4, 0.5) is 0 Å². The molecule has 0 amide bonds. The van der Waals surface area contributed by atoms with E-state index in [4.69, 9.17) is 0 Å². The lowest BCUT2D eigenvalue weighted by atomic mass is 10.0. The molecule has 0 aliphatic carbocycles. The average molecular weight is 214 g/mol. The molecule has 0 unspecified atom stereocenters. The van der Waals surface area contributed by atoms with Gasteiger partial charge in [0, 0.05) is 0 Å². The van der Waals surface area contributed by atoms with E-state index in [2.05, 4.69) is 63.3 Å². The van der Waals surface area contributed by atoms with Crippen molar-refractivity contribution in [3.05, 3.63) is 53.6 Å². The van der Waals surface area contributed by atoms with Crippen LogP contribution < -0.4 is 0 Å². The minimum absolute atomic E-state index is 1.09. The van der Waals surface area contributed by atoms with Crippen molar-refractivity contribution in [2.45, 2.75) is 40.0 Å². The monoisotopic (exact) mass is 214 g/mol. The van der Waals surface area contributed by atoms with Gasteiger partial charge in [0.05, 0.1) is 0 Å². The highest BCUT2D eigenvalue weighted by atomic mass is 14.0. The fourth-order valence-electron chi connectivity index (χ4n) is 1.76. The summed E-state index contributed by atoms with van der Waals surface area (Å²) in [5.74, 6) is 0. The molecule has 0 fully saturated rings. The summed E-state index contributed by atoms with van der Waals surface area (Å²) in [7, 11) is 0. The minimum Gasteiger partial charge on any atom is -0.0842 e. The molecule has 1 aromatic rings. The second-order valence-electron chi connectivity index (χ2n) is 4.00. The Bertz CT molecular complexity index is 352. The number of hydrogen-bond donors (Lipinski definition) is 0. The van der Waals surface area contributed by atoms with Crippen LogP contribution in [0.15, 0.2) is 42.5 Å². The van der Waals surface area contributed by atoms with Crippen molar-refractivity contribution in [1.29, 1.82) is 0 Å². The zero-order valence-electron chi connectivity index (χ0n) is 10.7. The highest BCUT2D eigenvalue weighted by Gasteiger charge is 1.97. The number of allylic oxidation sites excluding steroid dienone is 4. The zero-order valence-corrected chi connectivity index (χ0v) is 10.7. The molecule has 0 nitrogen and oxygen atoms in total. The van der Waals surface area contributed by atoms with E-state index in [0.717, 1.165) is 6.42 Å². The molecule has 0 atom stereocenters. The molecular formula is C16H22. The van der Waals surface area contributed by atoms with E-state index >= 15 is 0 Å². The van der Waals surface area contributed by atoms with Crippen LogP contribution in [0.25, 0.3) is 5.57 Å². The van der Waals surface area contributed by atoms with Gasteiger partial charge in [0.2, 0.25) is 0 Å². The maximum absolute atomic E-state index is 2.24. The van der Waals surface area contributed by atoms with Crippen molar-refractivity contribution >= 4 is 5.57 Å². The number of rotatable bonds is 5. The number of hydrogen-bond acceptors (Lipinski definition) is 0. The van der Waals surface area contributed by atoms with Crippen LogP contribution in [0.2, 0.25) is 0 Å². The third-order valence-electron chi connectivity index (χ3n) is 2.67. The third kappa shape index (κ3) is 3.69. The van der Waals surface area contributed by atoms with E-state index in [1.807, 2.05) is 0 Å². The molecule has 0 radical (unpaired) electrons. The van der Waals surface area contributed by atoms with E-state index in [0.29, 0.717) is 0 Å². The Hall–Kier alpha value is -1.30. The van der Waals surface area contributed by atoms with Crippen LogP contribution >= 0.6 is 0 Å². The molecule has 0 saturated heterocycles. The maximum atomic E-state index is 2.24. The molecule has 1 rings (SSSR count). The van der Waals surface area contributed by atoms with E-state index in [-0.39, 0.29) is 0 Å². The van der Waals surface area contributed by atoms with Crippen LogP contribution in [-0.2, 0) is 6.42 Å². The van der Waals surface area contributed by atoms with Gasteiger partial charge >= 0.3 is 0 Å². The summed E-state index contributed by atoms with van der Waals surface area (Å²) < 4.78 is 0. The maximum Gasteiger partial charge on any atom is -0.0187 e. The fraction of sp³-hybridized carbons (Fsp3) is 0.375. The quantitative estimate of drug-likeness (QED) is 0.604. The molecule has 0 aliphatic rings. The minimum atomic E-state index is 1.09. The molecule has 1 aromatic carbocycles. The Morgan fingerprint density at radius 1 is 1.12 bits per heavy atom. The van der Waals surface area contributed by atoms with Gasteiger partial charge in [-0.3, -0.25) is 0 Å². The first-order valence-corrected chi connectivity index (χ1v) is 6.24. The Kier molecular flexibility index (Phi) is 5.63. The molecule has 0 aliphatic heterocycles. The Balaban J connectivity index is 2.83. The van der Waals surface area contributed by atoms with Gasteiger partial charge in [-0.2, -0.15) is 0 Å². The Morgan fingerprint density at radius 3 is 2.31 bits per heavy atom. The van der Waals surface area contributed by atoms with Crippen LogP contribution in [-0.4, -0.2) is 0 Å². The lowest BCUT2D eigenvalue weighted by Gasteiger charge is -2.04. The predicted molar refractivity (Wildman–Crippen MR) is 73.5 cm³/mol. The second-order valence-corrected chi connectivity index (χ2v) is 4.00. The summed E-state index contributed by atoms with van der Waals surface area (Å²) in [6.07, 6.45) is 10.1. The van der Waals surface area contributed by atoms with Gasteiger partial charge in [0.15, 0.2) is 0 Å². The normalized spacial score (nSPS) is 12.3. The van der Waals surface area contributed by atoms with E-state index in [9.17, 15) is 0 Å². The van der Waals surface area contributed by atoms with Gasteiger partial charge in [0.25, 0.3) is 0 Å². The van der Waals surface area contributed by atoms with Crippen LogP contribution in [0, 0.1) is 0 Å². The Labute approximate surface area is 99.7 Å². The van der Waals surface area contributed by atoms with Gasteiger partial charge in [-0.1, -0.05) is 62.8 Å². The standard InChI is InChI=1S/C16H22/c1-4-7-9-15(6-3)16-12-10-14(8-5-2)11-13-16/h6-7,9-13H,4-5,8H2,1-3H3/b9-7-,15-6+. The molecule has 0 N–H and O–H groups in total. The van der Waals surface area contributed by atoms with E-state index < -0.39 is 0 Å². The van der Waals surface area contributed by atoms with Gasteiger partial charge in [-0.25, -0.2) is 0 Å². The SMILES string of the molecule is C/C=C(\C=C/CC)c1ccc(CCC)cc1. The molecule has 0 spiro atoms. The van der Waals surface area contributed by atoms with Gasteiger partial charge in [0.1, 0.15) is 0 Å². The first kappa shape index (κ1) is 12.8. The topological polar surface area (TPSA) is 0 Å². The molecule has 0 aromatic heterocycles. The highest BCUT2D eigenvalue weighted by Crippen LogP contribution is 2.17. The van der Waals surface area contributed by atoms with Crippen molar-refractivity contribution in [3.8, 4) is 0 Å². The van der Waals surface area contributed by atoms with Crippen molar-refractivity contribution in [2.75, 3.05) is 0 Å².